The molecule has 4 rings (SSSR count). The van der Waals surface area contributed by atoms with Crippen molar-refractivity contribution in [3.8, 4) is 16.9 Å². The van der Waals surface area contributed by atoms with E-state index in [1.165, 1.54) is 23.8 Å². The van der Waals surface area contributed by atoms with Gasteiger partial charge in [-0.3, -0.25) is 4.90 Å². The molecule has 28 heavy (non-hydrogen) atoms. The third-order valence-corrected chi connectivity index (χ3v) is 5.58. The second-order valence-electron chi connectivity index (χ2n) is 7.51. The van der Waals surface area contributed by atoms with Crippen LogP contribution in [0, 0.1) is 18.6 Å². The Morgan fingerprint density at radius 3 is 2.25 bits per heavy atom. The van der Waals surface area contributed by atoms with Crippen molar-refractivity contribution >= 4 is 0 Å². The fourth-order valence-electron chi connectivity index (χ4n) is 3.84. The first-order chi connectivity index (χ1) is 13.5. The third-order valence-electron chi connectivity index (χ3n) is 5.58. The predicted octanol–water partition coefficient (Wildman–Crippen LogP) is 4.48. The molecule has 3 aromatic rings. The molecule has 2 aromatic carbocycles. The van der Waals surface area contributed by atoms with Crippen molar-refractivity contribution in [1.82, 2.24) is 14.4 Å². The van der Waals surface area contributed by atoms with E-state index in [2.05, 4.69) is 22.9 Å². The van der Waals surface area contributed by atoms with Gasteiger partial charge in [-0.2, -0.15) is 0 Å². The maximum atomic E-state index is 14.6. The minimum atomic E-state index is -0.276. The van der Waals surface area contributed by atoms with Gasteiger partial charge >= 0.3 is 0 Å². The maximum Gasteiger partial charge on any atom is 0.147 e. The highest BCUT2D eigenvalue weighted by Gasteiger charge is 2.20. The van der Waals surface area contributed by atoms with E-state index in [1.54, 1.807) is 24.3 Å². The molecule has 1 aromatic heterocycles. The van der Waals surface area contributed by atoms with E-state index in [1.807, 2.05) is 17.6 Å². The number of aromatic nitrogens is 1. The van der Waals surface area contributed by atoms with Gasteiger partial charge in [0.1, 0.15) is 11.6 Å². The number of piperazine rings is 1. The molecule has 0 amide bonds. The van der Waals surface area contributed by atoms with Crippen molar-refractivity contribution in [1.29, 1.82) is 0 Å². The molecular formula is C23H25F2N3. The molecule has 0 atom stereocenters. The number of nitrogens with zero attached hydrogens (tertiary/aromatic N) is 3. The fraction of sp³-hybridized carbons (Fsp3) is 0.304. The number of halogens is 2. The van der Waals surface area contributed by atoms with Gasteiger partial charge in [0.25, 0.3) is 0 Å². The molecule has 0 bridgehead atoms. The summed E-state index contributed by atoms with van der Waals surface area (Å²) < 4.78 is 30.0. The zero-order valence-electron chi connectivity index (χ0n) is 16.3. The van der Waals surface area contributed by atoms with Crippen LogP contribution in [0.4, 0.5) is 8.78 Å². The molecule has 1 aliphatic heterocycles. The third kappa shape index (κ3) is 3.73. The Labute approximate surface area is 164 Å². The van der Waals surface area contributed by atoms with E-state index in [4.69, 9.17) is 0 Å². The van der Waals surface area contributed by atoms with Crippen molar-refractivity contribution in [3.05, 3.63) is 77.5 Å². The molecule has 0 spiro atoms. The second-order valence-corrected chi connectivity index (χ2v) is 7.51. The van der Waals surface area contributed by atoms with Crippen LogP contribution in [-0.2, 0) is 6.54 Å². The standard InChI is InChI=1S/C23H25F2N3/c1-17-19(16-27-13-11-26(2)12-14-27)15-23(18-7-9-20(24)10-8-18)28(17)22-6-4-3-5-21(22)25/h3-10,15H,11-14,16H2,1-2H3. The van der Waals surface area contributed by atoms with Crippen LogP contribution in [0.3, 0.4) is 0 Å². The molecule has 146 valence electrons. The number of likely N-dealkylation sites (N-methyl/N-ethyl adjacent to an activating group) is 1. The average molecular weight is 381 g/mol. The topological polar surface area (TPSA) is 11.4 Å². The van der Waals surface area contributed by atoms with Gasteiger partial charge in [-0.25, -0.2) is 8.78 Å². The smallest absolute Gasteiger partial charge is 0.147 e. The molecule has 0 N–H and O–H groups in total. The first-order valence-corrected chi connectivity index (χ1v) is 9.66. The predicted molar refractivity (Wildman–Crippen MR) is 109 cm³/mol. The molecule has 0 unspecified atom stereocenters. The van der Waals surface area contributed by atoms with E-state index in [9.17, 15) is 8.78 Å². The summed E-state index contributed by atoms with van der Waals surface area (Å²) >= 11 is 0. The van der Waals surface area contributed by atoms with Gasteiger partial charge in [0.05, 0.1) is 11.4 Å². The van der Waals surface area contributed by atoms with Crippen molar-refractivity contribution < 1.29 is 8.78 Å². The first kappa shape index (κ1) is 18.8. The number of hydrogen-bond acceptors (Lipinski definition) is 2. The Morgan fingerprint density at radius 1 is 0.893 bits per heavy atom. The summed E-state index contributed by atoms with van der Waals surface area (Å²) in [6, 6.07) is 15.3. The molecular weight excluding hydrogens is 356 g/mol. The van der Waals surface area contributed by atoms with Gasteiger partial charge < -0.3 is 9.47 Å². The Hall–Kier alpha value is -2.50. The van der Waals surface area contributed by atoms with E-state index in [-0.39, 0.29) is 11.6 Å². The fourth-order valence-corrected chi connectivity index (χ4v) is 3.84. The van der Waals surface area contributed by atoms with Crippen molar-refractivity contribution in [2.24, 2.45) is 0 Å². The Morgan fingerprint density at radius 2 is 1.57 bits per heavy atom. The quantitative estimate of drug-likeness (QED) is 0.660. The minimum Gasteiger partial charge on any atom is -0.311 e. The van der Waals surface area contributed by atoms with Gasteiger partial charge in [-0.1, -0.05) is 12.1 Å². The van der Waals surface area contributed by atoms with Gasteiger partial charge in [0.15, 0.2) is 0 Å². The SMILES string of the molecule is Cc1c(CN2CCN(C)CC2)cc(-c2ccc(F)cc2)n1-c1ccccc1F. The van der Waals surface area contributed by atoms with Gasteiger partial charge in [-0.15, -0.1) is 0 Å². The minimum absolute atomic E-state index is 0.268. The summed E-state index contributed by atoms with van der Waals surface area (Å²) in [7, 11) is 2.14. The summed E-state index contributed by atoms with van der Waals surface area (Å²) in [6.45, 7) is 7.01. The van der Waals surface area contributed by atoms with E-state index < -0.39 is 0 Å². The number of para-hydroxylation sites is 1. The Bertz CT molecular complexity index is 954. The second kappa shape index (κ2) is 7.86. The molecule has 1 aliphatic rings. The molecule has 0 radical (unpaired) electrons. The van der Waals surface area contributed by atoms with Gasteiger partial charge in [0.2, 0.25) is 0 Å². The van der Waals surface area contributed by atoms with Crippen molar-refractivity contribution in [3.63, 3.8) is 0 Å². The average Bonchev–Trinajstić information content (AvgIpc) is 3.01. The van der Waals surface area contributed by atoms with Crippen molar-refractivity contribution in [2.45, 2.75) is 13.5 Å². The van der Waals surface area contributed by atoms with E-state index in [0.29, 0.717) is 5.69 Å². The Balaban J connectivity index is 1.77. The molecule has 1 fully saturated rings. The lowest BCUT2D eigenvalue weighted by Crippen LogP contribution is -2.43. The number of hydrogen-bond donors (Lipinski definition) is 0. The summed E-state index contributed by atoms with van der Waals surface area (Å²) in [4.78, 5) is 4.76. The number of benzene rings is 2. The lowest BCUT2D eigenvalue weighted by molar-refractivity contribution is 0.148. The van der Waals surface area contributed by atoms with Crippen LogP contribution in [0.2, 0.25) is 0 Å². The van der Waals surface area contributed by atoms with Crippen LogP contribution < -0.4 is 0 Å². The summed E-state index contributed by atoms with van der Waals surface area (Å²) in [5, 5.41) is 0. The molecule has 3 nitrogen and oxygen atoms in total. The summed E-state index contributed by atoms with van der Waals surface area (Å²) in [5.74, 6) is -0.544. The van der Waals surface area contributed by atoms with Crippen LogP contribution in [0.1, 0.15) is 11.3 Å². The lowest BCUT2D eigenvalue weighted by atomic mass is 10.1. The Kier molecular flexibility index (Phi) is 5.29. The highest BCUT2D eigenvalue weighted by Crippen LogP contribution is 2.31. The summed E-state index contributed by atoms with van der Waals surface area (Å²) in [6.07, 6.45) is 0. The van der Waals surface area contributed by atoms with Crippen LogP contribution in [0.5, 0.6) is 0 Å². The lowest BCUT2D eigenvalue weighted by Gasteiger charge is -2.32. The van der Waals surface area contributed by atoms with Crippen LogP contribution in [-0.4, -0.2) is 47.6 Å². The number of rotatable bonds is 4. The molecule has 0 saturated carbocycles. The first-order valence-electron chi connectivity index (χ1n) is 9.66. The summed E-state index contributed by atoms with van der Waals surface area (Å²) in [5.41, 5.74) is 4.46. The van der Waals surface area contributed by atoms with Crippen LogP contribution in [0.15, 0.2) is 54.6 Å². The normalized spacial score (nSPS) is 15.9. The van der Waals surface area contributed by atoms with E-state index >= 15 is 0 Å². The monoisotopic (exact) mass is 381 g/mol. The van der Waals surface area contributed by atoms with Gasteiger partial charge in [0, 0.05) is 38.4 Å². The molecule has 0 aliphatic carbocycles. The van der Waals surface area contributed by atoms with Crippen LogP contribution >= 0.6 is 0 Å². The van der Waals surface area contributed by atoms with Crippen molar-refractivity contribution in [2.75, 3.05) is 33.2 Å². The maximum absolute atomic E-state index is 14.6. The highest BCUT2D eigenvalue weighted by molar-refractivity contribution is 5.66. The molecule has 1 saturated heterocycles. The zero-order chi connectivity index (χ0) is 19.7. The molecule has 5 heteroatoms. The zero-order valence-corrected chi connectivity index (χ0v) is 16.3. The van der Waals surface area contributed by atoms with Crippen LogP contribution in [0.25, 0.3) is 16.9 Å². The van der Waals surface area contributed by atoms with E-state index in [0.717, 1.165) is 49.7 Å². The van der Waals surface area contributed by atoms with Gasteiger partial charge in [-0.05, 0) is 67.6 Å². The highest BCUT2D eigenvalue weighted by atomic mass is 19.1. The molecule has 2 heterocycles. The largest absolute Gasteiger partial charge is 0.311 e.